The number of hydrogen-bond acceptors (Lipinski definition) is 2. The predicted octanol–water partition coefficient (Wildman–Crippen LogP) is 4.40. The molecule has 2 aromatic carbocycles. The average molecular weight is 429 g/mol. The molecule has 1 fully saturated rings. The number of carbonyl (C=O) groups excluding carboxylic acids is 2. The maximum Gasteiger partial charge on any atom is 0.416 e. The molecular formula is C23H22F3N3O2. The van der Waals surface area contributed by atoms with Crippen molar-refractivity contribution >= 4 is 22.7 Å². The fourth-order valence-corrected chi connectivity index (χ4v) is 3.98. The summed E-state index contributed by atoms with van der Waals surface area (Å²) in [4.78, 5) is 32.0. The van der Waals surface area contributed by atoms with Gasteiger partial charge < -0.3 is 14.8 Å². The highest BCUT2D eigenvalue weighted by Gasteiger charge is 2.31. The van der Waals surface area contributed by atoms with Gasteiger partial charge in [-0.3, -0.25) is 9.59 Å². The Morgan fingerprint density at radius 1 is 0.871 bits per heavy atom. The van der Waals surface area contributed by atoms with Crippen LogP contribution in [0.3, 0.4) is 0 Å². The van der Waals surface area contributed by atoms with E-state index < -0.39 is 11.7 Å². The summed E-state index contributed by atoms with van der Waals surface area (Å²) in [5.41, 5.74) is 3.04. The van der Waals surface area contributed by atoms with Crippen molar-refractivity contribution in [1.29, 1.82) is 0 Å². The lowest BCUT2D eigenvalue weighted by Gasteiger charge is -2.34. The quantitative estimate of drug-likeness (QED) is 0.657. The van der Waals surface area contributed by atoms with E-state index in [2.05, 4.69) is 11.1 Å². The number of carbonyl (C=O) groups is 2. The molecule has 31 heavy (non-hydrogen) atoms. The number of H-pyrrole nitrogens is 1. The molecule has 0 saturated carbocycles. The SMILES string of the molecule is Cc1cc(C)c2cc(C(=O)N3CCN(C(=O)c4ccc(C(F)(F)F)cc4)CC3)[nH]c2c1. The fourth-order valence-electron chi connectivity index (χ4n) is 3.98. The van der Waals surface area contributed by atoms with Crippen molar-refractivity contribution in [2.75, 3.05) is 26.2 Å². The van der Waals surface area contributed by atoms with E-state index in [-0.39, 0.29) is 17.4 Å². The molecule has 0 unspecified atom stereocenters. The Morgan fingerprint density at radius 3 is 2.03 bits per heavy atom. The van der Waals surface area contributed by atoms with Crippen LogP contribution in [0, 0.1) is 13.8 Å². The van der Waals surface area contributed by atoms with E-state index in [4.69, 9.17) is 0 Å². The molecule has 1 aromatic heterocycles. The summed E-state index contributed by atoms with van der Waals surface area (Å²) in [6.07, 6.45) is -4.44. The van der Waals surface area contributed by atoms with Crippen molar-refractivity contribution in [2.45, 2.75) is 20.0 Å². The van der Waals surface area contributed by atoms with Crippen LogP contribution < -0.4 is 0 Å². The van der Waals surface area contributed by atoms with Gasteiger partial charge in [0.2, 0.25) is 0 Å². The number of hydrogen-bond donors (Lipinski definition) is 1. The van der Waals surface area contributed by atoms with Crippen molar-refractivity contribution in [3.05, 3.63) is 70.4 Å². The van der Waals surface area contributed by atoms with E-state index in [0.717, 1.165) is 34.2 Å². The molecule has 4 rings (SSSR count). The van der Waals surface area contributed by atoms with Gasteiger partial charge in [-0.2, -0.15) is 13.2 Å². The summed E-state index contributed by atoms with van der Waals surface area (Å²) in [6.45, 7) is 5.37. The second-order valence-corrected chi connectivity index (χ2v) is 7.89. The number of halogens is 3. The van der Waals surface area contributed by atoms with Gasteiger partial charge in [0.05, 0.1) is 5.56 Å². The number of piperazine rings is 1. The van der Waals surface area contributed by atoms with Crippen molar-refractivity contribution < 1.29 is 22.8 Å². The lowest BCUT2D eigenvalue weighted by molar-refractivity contribution is -0.137. The third-order valence-electron chi connectivity index (χ3n) is 5.63. The Labute approximate surface area is 177 Å². The van der Waals surface area contributed by atoms with Crippen molar-refractivity contribution in [2.24, 2.45) is 0 Å². The summed E-state index contributed by atoms with van der Waals surface area (Å²) in [5, 5.41) is 1.00. The minimum Gasteiger partial charge on any atom is -0.351 e. The molecule has 0 radical (unpaired) electrons. The van der Waals surface area contributed by atoms with Gasteiger partial charge in [0, 0.05) is 42.6 Å². The van der Waals surface area contributed by atoms with Crippen LogP contribution in [0.5, 0.6) is 0 Å². The largest absolute Gasteiger partial charge is 0.416 e. The number of fused-ring (bicyclic) bond motifs is 1. The molecule has 0 spiro atoms. The highest BCUT2D eigenvalue weighted by Crippen LogP contribution is 2.29. The topological polar surface area (TPSA) is 56.4 Å². The van der Waals surface area contributed by atoms with Crippen molar-refractivity contribution in [3.8, 4) is 0 Å². The van der Waals surface area contributed by atoms with Gasteiger partial charge in [-0.25, -0.2) is 0 Å². The zero-order valence-corrected chi connectivity index (χ0v) is 17.2. The van der Waals surface area contributed by atoms with Crippen LogP contribution in [0.4, 0.5) is 13.2 Å². The van der Waals surface area contributed by atoms with Gasteiger partial charge in [-0.05, 0) is 61.4 Å². The second-order valence-electron chi connectivity index (χ2n) is 7.89. The van der Waals surface area contributed by atoms with E-state index >= 15 is 0 Å². The molecule has 0 aliphatic carbocycles. The van der Waals surface area contributed by atoms with Crippen LogP contribution in [0.2, 0.25) is 0 Å². The van der Waals surface area contributed by atoms with Crippen LogP contribution >= 0.6 is 0 Å². The second kappa shape index (κ2) is 7.76. The van der Waals surface area contributed by atoms with Gasteiger partial charge in [-0.1, -0.05) is 6.07 Å². The van der Waals surface area contributed by atoms with E-state index in [1.54, 1.807) is 9.80 Å². The average Bonchev–Trinajstić information content (AvgIpc) is 3.17. The van der Waals surface area contributed by atoms with Crippen LogP contribution in [-0.2, 0) is 6.18 Å². The van der Waals surface area contributed by atoms with E-state index in [1.165, 1.54) is 12.1 Å². The first kappa shape index (κ1) is 21.0. The molecule has 3 aromatic rings. The Balaban J connectivity index is 1.42. The number of aromatic amines is 1. The van der Waals surface area contributed by atoms with Gasteiger partial charge >= 0.3 is 6.18 Å². The summed E-state index contributed by atoms with van der Waals surface area (Å²) in [6, 6.07) is 10.1. The zero-order chi connectivity index (χ0) is 22.3. The first-order valence-corrected chi connectivity index (χ1v) is 9.99. The number of alkyl halides is 3. The molecular weight excluding hydrogens is 407 g/mol. The van der Waals surface area contributed by atoms with Crippen LogP contribution in [0.1, 0.15) is 37.5 Å². The van der Waals surface area contributed by atoms with Crippen LogP contribution in [0.15, 0.2) is 42.5 Å². The van der Waals surface area contributed by atoms with E-state index in [0.29, 0.717) is 31.9 Å². The number of amides is 2. The minimum atomic E-state index is -4.44. The van der Waals surface area contributed by atoms with Crippen LogP contribution in [-0.4, -0.2) is 52.8 Å². The van der Waals surface area contributed by atoms with Crippen molar-refractivity contribution in [1.82, 2.24) is 14.8 Å². The third kappa shape index (κ3) is 4.15. The first-order valence-electron chi connectivity index (χ1n) is 9.99. The highest BCUT2D eigenvalue weighted by atomic mass is 19.4. The fraction of sp³-hybridized carbons (Fsp3) is 0.304. The molecule has 0 bridgehead atoms. The highest BCUT2D eigenvalue weighted by molar-refractivity contribution is 5.99. The Morgan fingerprint density at radius 2 is 1.45 bits per heavy atom. The van der Waals surface area contributed by atoms with Crippen molar-refractivity contribution in [3.63, 3.8) is 0 Å². The molecule has 162 valence electrons. The van der Waals surface area contributed by atoms with E-state index in [9.17, 15) is 22.8 Å². The number of aryl methyl sites for hydroxylation is 2. The molecule has 0 atom stereocenters. The maximum atomic E-state index is 12.9. The van der Waals surface area contributed by atoms with Gasteiger partial charge in [0.25, 0.3) is 11.8 Å². The molecule has 1 aliphatic heterocycles. The van der Waals surface area contributed by atoms with Crippen LogP contribution in [0.25, 0.3) is 10.9 Å². The number of nitrogens with one attached hydrogen (secondary N) is 1. The lowest BCUT2D eigenvalue weighted by atomic mass is 10.1. The molecule has 2 heterocycles. The van der Waals surface area contributed by atoms with E-state index in [1.807, 2.05) is 26.0 Å². The molecule has 2 amide bonds. The Kier molecular flexibility index (Phi) is 5.24. The normalized spacial score (nSPS) is 14.9. The zero-order valence-electron chi connectivity index (χ0n) is 17.2. The molecule has 1 saturated heterocycles. The molecule has 1 N–H and O–H groups in total. The third-order valence-corrected chi connectivity index (χ3v) is 5.63. The minimum absolute atomic E-state index is 0.130. The number of aromatic nitrogens is 1. The summed E-state index contributed by atoms with van der Waals surface area (Å²) in [7, 11) is 0. The Bertz CT molecular complexity index is 1140. The predicted molar refractivity (Wildman–Crippen MR) is 111 cm³/mol. The standard InChI is InChI=1S/C23H22F3N3O2/c1-14-11-15(2)18-13-20(27-19(18)12-14)22(31)29-9-7-28(8-10-29)21(30)16-3-5-17(6-4-16)23(24,25)26/h3-6,11-13,27H,7-10H2,1-2H3. The van der Waals surface area contributed by atoms with Gasteiger partial charge in [-0.15, -0.1) is 0 Å². The summed E-state index contributed by atoms with van der Waals surface area (Å²) < 4.78 is 38.1. The molecule has 8 heteroatoms. The number of rotatable bonds is 2. The smallest absolute Gasteiger partial charge is 0.351 e. The number of benzene rings is 2. The molecule has 1 aliphatic rings. The lowest BCUT2D eigenvalue weighted by Crippen LogP contribution is -2.50. The maximum absolute atomic E-state index is 12.9. The number of nitrogens with zero attached hydrogens (tertiary/aromatic N) is 2. The van der Waals surface area contributed by atoms with Gasteiger partial charge in [0.1, 0.15) is 5.69 Å². The summed E-state index contributed by atoms with van der Waals surface area (Å²) >= 11 is 0. The monoisotopic (exact) mass is 429 g/mol. The first-order chi connectivity index (χ1) is 14.6. The molecule has 5 nitrogen and oxygen atoms in total. The Hall–Kier alpha value is -3.29. The van der Waals surface area contributed by atoms with Gasteiger partial charge in [0.15, 0.2) is 0 Å². The summed E-state index contributed by atoms with van der Waals surface area (Å²) in [5.74, 6) is -0.465.